The molecule has 1 fully saturated rings. The van der Waals surface area contributed by atoms with Crippen LogP contribution in [0, 0.1) is 0 Å². The van der Waals surface area contributed by atoms with Crippen LogP contribution in [-0.4, -0.2) is 34.6 Å². The lowest BCUT2D eigenvalue weighted by Crippen LogP contribution is -2.51. The zero-order valence-electron chi connectivity index (χ0n) is 19.8. The van der Waals surface area contributed by atoms with Gasteiger partial charge >= 0.3 is 0 Å². The van der Waals surface area contributed by atoms with Crippen molar-refractivity contribution in [3.05, 3.63) is 64.1 Å². The largest absolute Gasteiger partial charge is 0.352 e. The average molecular weight is 522 g/mol. The highest BCUT2D eigenvalue weighted by atomic mass is 35.5. The summed E-state index contributed by atoms with van der Waals surface area (Å²) in [7, 11) is 0. The first-order chi connectivity index (χ1) is 16.5. The number of carbonyl (C=O) groups excluding carboxylic acids is 2. The van der Waals surface area contributed by atoms with Crippen LogP contribution >= 0.6 is 35.0 Å². The van der Waals surface area contributed by atoms with Gasteiger partial charge in [-0.05, 0) is 67.3 Å². The minimum atomic E-state index is -0.505. The minimum Gasteiger partial charge on any atom is -0.352 e. The summed E-state index contributed by atoms with van der Waals surface area (Å²) in [5.74, 6) is 0.755. The number of rotatable bonds is 11. The van der Waals surface area contributed by atoms with E-state index in [9.17, 15) is 9.59 Å². The average Bonchev–Trinajstić information content (AvgIpc) is 2.84. The third-order valence-corrected chi connectivity index (χ3v) is 7.97. The predicted molar refractivity (Wildman–Crippen MR) is 143 cm³/mol. The molecule has 1 aliphatic rings. The number of hydrogen-bond donors (Lipinski definition) is 1. The molecule has 1 unspecified atom stereocenters. The highest BCUT2D eigenvalue weighted by Crippen LogP contribution is 2.24. The van der Waals surface area contributed by atoms with Crippen LogP contribution in [0.5, 0.6) is 0 Å². The molecule has 0 radical (unpaired) electrons. The second-order valence-corrected chi connectivity index (χ2v) is 10.8. The summed E-state index contributed by atoms with van der Waals surface area (Å²) in [5, 5.41) is 4.55. The molecule has 2 amide bonds. The van der Waals surface area contributed by atoms with Gasteiger partial charge in [0.25, 0.3) is 0 Å². The van der Waals surface area contributed by atoms with Crippen molar-refractivity contribution in [3.63, 3.8) is 0 Å². The number of nitrogens with zero attached hydrogens (tertiary/aromatic N) is 1. The van der Waals surface area contributed by atoms with Gasteiger partial charge in [-0.25, -0.2) is 0 Å². The molecule has 184 valence electrons. The molecule has 2 aromatic carbocycles. The van der Waals surface area contributed by atoms with Gasteiger partial charge in [0.2, 0.25) is 11.8 Å². The summed E-state index contributed by atoms with van der Waals surface area (Å²) in [5.41, 5.74) is 0.858. The fourth-order valence-corrected chi connectivity index (χ4v) is 5.54. The molecule has 1 N–H and O–H groups in total. The minimum absolute atomic E-state index is 0.0118. The van der Waals surface area contributed by atoms with E-state index in [1.807, 2.05) is 55.5 Å². The van der Waals surface area contributed by atoms with Crippen LogP contribution in [0.25, 0.3) is 0 Å². The van der Waals surface area contributed by atoms with Crippen LogP contribution in [0.1, 0.15) is 63.9 Å². The molecule has 1 atom stereocenters. The summed E-state index contributed by atoms with van der Waals surface area (Å²) in [6.45, 7) is 2.30. The fraction of sp³-hybridized carbons (Fsp3) is 0.481. The summed E-state index contributed by atoms with van der Waals surface area (Å²) < 4.78 is 0. The van der Waals surface area contributed by atoms with Crippen LogP contribution in [0.2, 0.25) is 10.0 Å². The van der Waals surface area contributed by atoms with Gasteiger partial charge in [-0.1, -0.05) is 67.6 Å². The topological polar surface area (TPSA) is 49.4 Å². The van der Waals surface area contributed by atoms with Gasteiger partial charge in [0.1, 0.15) is 6.04 Å². The summed E-state index contributed by atoms with van der Waals surface area (Å²) in [6.07, 6.45) is 7.24. The number of amides is 2. The molecule has 3 rings (SSSR count). The molecular formula is C27H34Cl2N2O2S. The van der Waals surface area contributed by atoms with Crippen molar-refractivity contribution in [2.24, 2.45) is 0 Å². The first-order valence-corrected chi connectivity index (χ1v) is 13.9. The fourth-order valence-electron chi connectivity index (χ4n) is 4.36. The lowest BCUT2D eigenvalue weighted by Gasteiger charge is -2.33. The van der Waals surface area contributed by atoms with Crippen molar-refractivity contribution in [1.29, 1.82) is 0 Å². The molecule has 0 aliphatic heterocycles. The molecule has 0 bridgehead atoms. The smallest absolute Gasteiger partial charge is 0.243 e. The Labute approximate surface area is 217 Å². The Morgan fingerprint density at radius 2 is 1.76 bits per heavy atom. The number of benzene rings is 2. The predicted octanol–water partition coefficient (Wildman–Crippen LogP) is 7.12. The van der Waals surface area contributed by atoms with Gasteiger partial charge in [0, 0.05) is 33.9 Å². The Hall–Kier alpha value is -1.69. The zero-order valence-corrected chi connectivity index (χ0v) is 22.1. The summed E-state index contributed by atoms with van der Waals surface area (Å²) in [6, 6.07) is 15.0. The van der Waals surface area contributed by atoms with Gasteiger partial charge in [-0.3, -0.25) is 9.59 Å². The Kier molecular flexibility index (Phi) is 11.1. The van der Waals surface area contributed by atoms with E-state index in [1.165, 1.54) is 6.42 Å². The number of halogens is 2. The molecule has 2 aromatic rings. The number of hydrogen-bond acceptors (Lipinski definition) is 3. The van der Waals surface area contributed by atoms with Crippen molar-refractivity contribution >= 4 is 46.8 Å². The van der Waals surface area contributed by atoms with Crippen LogP contribution in [0.15, 0.2) is 53.4 Å². The number of nitrogens with one attached hydrogen (secondary N) is 1. The Morgan fingerprint density at radius 1 is 1.06 bits per heavy atom. The molecule has 0 saturated heterocycles. The SMILES string of the molecule is CCC(C(=O)NC1CCCCC1)N(Cc1ccccc1Cl)C(=O)CCCSc1ccc(Cl)cc1. The summed E-state index contributed by atoms with van der Waals surface area (Å²) >= 11 is 14.1. The maximum Gasteiger partial charge on any atom is 0.243 e. The van der Waals surface area contributed by atoms with E-state index < -0.39 is 6.04 Å². The van der Waals surface area contributed by atoms with Crippen molar-refractivity contribution in [2.75, 3.05) is 5.75 Å². The normalized spacial score (nSPS) is 15.0. The lowest BCUT2D eigenvalue weighted by molar-refractivity contribution is -0.141. The Morgan fingerprint density at radius 3 is 2.44 bits per heavy atom. The van der Waals surface area contributed by atoms with Crippen LogP contribution in [0.3, 0.4) is 0 Å². The van der Waals surface area contributed by atoms with Gasteiger partial charge in [0.15, 0.2) is 0 Å². The van der Waals surface area contributed by atoms with E-state index in [-0.39, 0.29) is 17.9 Å². The second kappa shape index (κ2) is 14.0. The Bertz CT molecular complexity index is 932. The highest BCUT2D eigenvalue weighted by molar-refractivity contribution is 7.99. The van der Waals surface area contributed by atoms with Gasteiger partial charge in [0.05, 0.1) is 0 Å². The van der Waals surface area contributed by atoms with Crippen molar-refractivity contribution in [1.82, 2.24) is 10.2 Å². The Balaban J connectivity index is 1.65. The van der Waals surface area contributed by atoms with Crippen molar-refractivity contribution in [3.8, 4) is 0 Å². The van der Waals surface area contributed by atoms with Crippen LogP contribution < -0.4 is 5.32 Å². The monoisotopic (exact) mass is 520 g/mol. The van der Waals surface area contributed by atoms with Crippen molar-refractivity contribution < 1.29 is 9.59 Å². The lowest BCUT2D eigenvalue weighted by atomic mass is 9.95. The molecule has 1 aliphatic carbocycles. The number of thioether (sulfide) groups is 1. The maximum absolute atomic E-state index is 13.4. The standard InChI is InChI=1S/C27H34Cl2N2O2S/c1-2-25(27(33)30-22-10-4-3-5-11-22)31(19-20-9-6-7-12-24(20)29)26(32)13-8-18-34-23-16-14-21(28)15-17-23/h6-7,9,12,14-17,22,25H,2-5,8,10-11,13,18-19H2,1H3,(H,30,33). The molecule has 0 aromatic heterocycles. The van der Waals surface area contributed by atoms with E-state index in [2.05, 4.69) is 5.32 Å². The van der Waals surface area contributed by atoms with E-state index in [4.69, 9.17) is 23.2 Å². The molecule has 1 saturated carbocycles. The third-order valence-electron chi connectivity index (χ3n) is 6.25. The molecule has 7 heteroatoms. The number of carbonyl (C=O) groups is 2. The van der Waals surface area contributed by atoms with Gasteiger partial charge in [-0.2, -0.15) is 0 Å². The van der Waals surface area contributed by atoms with Gasteiger partial charge < -0.3 is 10.2 Å². The van der Waals surface area contributed by atoms with Crippen LogP contribution in [0.4, 0.5) is 0 Å². The first-order valence-electron chi connectivity index (χ1n) is 12.2. The van der Waals surface area contributed by atoms with E-state index >= 15 is 0 Å². The quantitative estimate of drug-likeness (QED) is 0.253. The molecule has 0 spiro atoms. The zero-order chi connectivity index (χ0) is 24.3. The van der Waals surface area contributed by atoms with E-state index in [0.29, 0.717) is 29.4 Å². The third kappa shape index (κ3) is 8.21. The first kappa shape index (κ1) is 26.9. The molecule has 4 nitrogen and oxygen atoms in total. The molecular weight excluding hydrogens is 487 g/mol. The maximum atomic E-state index is 13.4. The second-order valence-electron chi connectivity index (χ2n) is 8.79. The van der Waals surface area contributed by atoms with Crippen LogP contribution in [-0.2, 0) is 16.1 Å². The van der Waals surface area contributed by atoms with Crippen molar-refractivity contribution in [2.45, 2.75) is 81.8 Å². The molecule has 0 heterocycles. The van der Waals surface area contributed by atoms with E-state index in [1.54, 1.807) is 16.7 Å². The summed E-state index contributed by atoms with van der Waals surface area (Å²) in [4.78, 5) is 29.5. The highest BCUT2D eigenvalue weighted by Gasteiger charge is 2.30. The molecule has 34 heavy (non-hydrogen) atoms. The van der Waals surface area contributed by atoms with E-state index in [0.717, 1.165) is 48.3 Å². The van der Waals surface area contributed by atoms with Gasteiger partial charge in [-0.15, -0.1) is 11.8 Å².